The summed E-state index contributed by atoms with van der Waals surface area (Å²) in [6.45, 7) is 30.7. The van der Waals surface area contributed by atoms with Gasteiger partial charge in [0.05, 0.1) is 0 Å². The van der Waals surface area contributed by atoms with Gasteiger partial charge in [-0.05, 0) is 122 Å². The Kier molecular flexibility index (Phi) is 50.8. The van der Waals surface area contributed by atoms with Crippen molar-refractivity contribution in [2.75, 3.05) is 0 Å². The van der Waals surface area contributed by atoms with E-state index in [2.05, 4.69) is 107 Å². The summed E-state index contributed by atoms with van der Waals surface area (Å²) in [6.07, 6.45) is 59.6. The quantitative estimate of drug-likeness (QED) is 0.0273. The Bertz CT molecular complexity index is 1670. The van der Waals surface area contributed by atoms with Gasteiger partial charge in [0.25, 0.3) is 0 Å². The number of benzene rings is 2. The molecule has 1 heterocycles. The molecule has 3 heteroatoms. The third kappa shape index (κ3) is 31.7. The van der Waals surface area contributed by atoms with E-state index in [-0.39, 0.29) is 16.5 Å². The maximum Gasteiger partial charge on any atom is 2.00 e. The average molecular weight is 1110 g/mol. The molecule has 0 saturated heterocycles. The number of nitrogens with zero attached hydrogens (tertiary/aromatic N) is 2. The molecule has 0 fully saturated rings. The number of aryl methyl sites for hydroxylation is 4. The minimum absolute atomic E-state index is 0. The molecule has 1 aliphatic rings. The third-order valence-corrected chi connectivity index (χ3v) is 16.1. The van der Waals surface area contributed by atoms with E-state index in [4.69, 9.17) is 0 Å². The first-order valence-electron chi connectivity index (χ1n) is 34.1. The van der Waals surface area contributed by atoms with Gasteiger partial charge in [0.1, 0.15) is 0 Å². The topological polar surface area (TPSA) is 25.3 Å². The molecule has 0 spiro atoms. The Morgan fingerprint density at radius 1 is 0.286 bits per heavy atom. The van der Waals surface area contributed by atoms with Crippen molar-refractivity contribution in [2.24, 2.45) is 0 Å². The second-order valence-electron chi connectivity index (χ2n) is 23.4. The largest absolute Gasteiger partial charge is 2.00 e. The zero-order valence-electron chi connectivity index (χ0n) is 53.5. The molecule has 0 amide bonds. The summed E-state index contributed by atoms with van der Waals surface area (Å²) in [6, 6.07) is 9.86. The summed E-state index contributed by atoms with van der Waals surface area (Å²) in [5.74, 6) is 0. The number of rotatable bonds is 46. The fraction of sp³-hybridized carbons (Fsp3) is 0.757. The number of hydrogen-bond donors (Lipinski definition) is 0. The average Bonchev–Trinajstić information content (AvgIpc) is 3.70. The predicted octanol–water partition coefficient (Wildman–Crippen LogP) is 25.6. The molecule has 0 unspecified atom stereocenters. The molecule has 1 aliphatic heterocycles. The van der Waals surface area contributed by atoms with Crippen LogP contribution in [0.3, 0.4) is 0 Å². The Morgan fingerprint density at radius 2 is 0.519 bits per heavy atom. The van der Waals surface area contributed by atoms with Crippen LogP contribution in [0.4, 0.5) is 0 Å². The van der Waals surface area contributed by atoms with Crippen LogP contribution in [0.15, 0.2) is 35.4 Å². The van der Waals surface area contributed by atoms with Crippen LogP contribution in [-0.4, -0.2) is 4.70 Å². The van der Waals surface area contributed by atoms with Gasteiger partial charge in [-0.3, -0.25) is 0 Å². The number of allylic oxidation sites excluding steroid dienone is 2. The number of hydrogen-bond acceptors (Lipinski definition) is 0. The molecule has 2 aromatic carbocycles. The molecule has 2 aromatic rings. The minimum atomic E-state index is 0. The number of unbranched alkanes of at least 4 members (excludes halogenated alkanes) is 28. The van der Waals surface area contributed by atoms with Crippen molar-refractivity contribution < 1.29 is 21.2 Å². The van der Waals surface area contributed by atoms with Crippen molar-refractivity contribution in [3.05, 3.63) is 99.3 Å². The van der Waals surface area contributed by atoms with Crippen LogP contribution < -0.4 is 0 Å². The fourth-order valence-electron chi connectivity index (χ4n) is 11.9. The Labute approximate surface area is 493 Å². The van der Waals surface area contributed by atoms with E-state index in [0.717, 1.165) is 114 Å². The van der Waals surface area contributed by atoms with Gasteiger partial charge in [0.2, 0.25) is 11.4 Å². The molecule has 0 saturated carbocycles. The van der Waals surface area contributed by atoms with Gasteiger partial charge >= 0.3 is 16.5 Å². The normalized spacial score (nSPS) is 12.3. The van der Waals surface area contributed by atoms with Crippen molar-refractivity contribution >= 4 is 11.4 Å². The van der Waals surface area contributed by atoms with Crippen LogP contribution >= 0.6 is 0 Å². The first-order valence-corrected chi connectivity index (χ1v) is 34.1. The summed E-state index contributed by atoms with van der Waals surface area (Å²) < 4.78 is 1.67. The molecule has 0 aromatic heterocycles. The van der Waals surface area contributed by atoms with E-state index in [0.29, 0.717) is 0 Å². The van der Waals surface area contributed by atoms with E-state index in [1.165, 1.54) is 237 Å². The van der Waals surface area contributed by atoms with E-state index >= 15 is 0 Å². The van der Waals surface area contributed by atoms with Gasteiger partial charge in [0, 0.05) is 22.3 Å². The van der Waals surface area contributed by atoms with Gasteiger partial charge in [-0.1, -0.05) is 288 Å². The van der Waals surface area contributed by atoms with Crippen molar-refractivity contribution in [3.63, 3.8) is 0 Å². The Morgan fingerprint density at radius 3 is 0.766 bits per heavy atom. The molecule has 0 aliphatic carbocycles. The molecule has 446 valence electrons. The second-order valence-corrected chi connectivity index (χ2v) is 23.4. The molecule has 0 bridgehead atoms. The molecule has 0 atom stereocenters. The van der Waals surface area contributed by atoms with Crippen molar-refractivity contribution in [1.29, 1.82) is 0 Å². The van der Waals surface area contributed by atoms with Crippen molar-refractivity contribution in [3.8, 4) is 0 Å². The summed E-state index contributed by atoms with van der Waals surface area (Å²) >= 11 is 0. The first-order chi connectivity index (χ1) is 37.3. The van der Waals surface area contributed by atoms with Gasteiger partial charge in [-0.15, -0.1) is 0 Å². The first kappa shape index (κ1) is 75.0. The minimum Gasteiger partial charge on any atom is -0.493 e. The smallest absolute Gasteiger partial charge is 0.493 e. The fourth-order valence-corrected chi connectivity index (χ4v) is 11.9. The summed E-state index contributed by atoms with van der Waals surface area (Å²) in [5.41, 5.74) is 29.1. The molecule has 3 rings (SSSR count). The van der Waals surface area contributed by atoms with E-state index < -0.39 is 0 Å². The molecular formula is C74H130N2Ni. The molecule has 77 heavy (non-hydrogen) atoms. The van der Waals surface area contributed by atoms with Crippen LogP contribution in [0.2, 0.25) is 0 Å². The van der Waals surface area contributed by atoms with Gasteiger partial charge in [-0.2, -0.15) is 12.8 Å². The van der Waals surface area contributed by atoms with Gasteiger partial charge < -0.3 is 19.4 Å². The zero-order valence-corrected chi connectivity index (χ0v) is 54.4. The summed E-state index contributed by atoms with van der Waals surface area (Å²) in [7, 11) is 0. The molecule has 0 radical (unpaired) electrons. The Hall–Kier alpha value is -1.99. The SMILES string of the molecule is CCCCCCC1=C(c2cc(CCC)c(CCC)c(CCC)c2)[N+](=[N-])C(c2cc(CCC)c(CCC)c(CCC)c2)=C1CCCC.[CH2-]CCCCCCCCCCCCCC.[CH2-]CCCCCCCCCCCCCC.[Ni+2]. The third-order valence-electron chi connectivity index (χ3n) is 16.1. The van der Waals surface area contributed by atoms with Crippen LogP contribution in [0, 0.1) is 13.8 Å². The van der Waals surface area contributed by atoms with E-state index in [9.17, 15) is 5.53 Å². The maximum atomic E-state index is 12.5. The second kappa shape index (κ2) is 52.1. The Balaban J connectivity index is 0.00000152. The molecular weight excluding hydrogens is 976 g/mol. The molecule has 0 N–H and O–H groups in total. The standard InChI is InChI=1S/C44H68N2.2C15H31.Ni/c1-9-17-19-20-28-42-41(27-18-10-2)43(37-29-33(21-11-3)39(25-15-7)34(30-37)22-12-4)46(45)44(42)38-31-35(23-13-5)40(26-16-8)36(32-38)24-14-6;2*1-3-5-7-9-11-13-15-14-12-10-8-6-4-2;/h29-32H,9-28H2,1-8H3;2*1,3-15H2,2H3;/q;2*-1;+2. The van der Waals surface area contributed by atoms with Crippen LogP contribution in [0.5, 0.6) is 0 Å². The van der Waals surface area contributed by atoms with Crippen LogP contribution in [0.25, 0.3) is 16.9 Å². The van der Waals surface area contributed by atoms with Crippen LogP contribution in [0.1, 0.15) is 371 Å². The zero-order chi connectivity index (χ0) is 55.9. The summed E-state index contributed by atoms with van der Waals surface area (Å²) in [4.78, 5) is 0. The maximum absolute atomic E-state index is 12.5. The predicted molar refractivity (Wildman–Crippen MR) is 345 cm³/mol. The van der Waals surface area contributed by atoms with E-state index in [1.807, 2.05) is 0 Å². The van der Waals surface area contributed by atoms with Crippen molar-refractivity contribution in [1.82, 2.24) is 0 Å². The summed E-state index contributed by atoms with van der Waals surface area (Å²) in [5, 5.41) is 0. The molecule has 2 nitrogen and oxygen atoms in total. The van der Waals surface area contributed by atoms with Crippen LogP contribution in [-0.2, 0) is 55.0 Å². The monoisotopic (exact) mass is 1100 g/mol. The van der Waals surface area contributed by atoms with Gasteiger partial charge in [-0.25, -0.2) is 4.70 Å². The van der Waals surface area contributed by atoms with Crippen molar-refractivity contribution in [2.45, 2.75) is 365 Å². The van der Waals surface area contributed by atoms with E-state index in [1.54, 1.807) is 15.8 Å². The van der Waals surface area contributed by atoms with Gasteiger partial charge in [0.15, 0.2) is 0 Å².